The molecule has 0 bridgehead atoms. The fraction of sp³-hybridized carbons (Fsp3) is 0.429. The van der Waals surface area contributed by atoms with Crippen LogP contribution in [0.25, 0.3) is 0 Å². The minimum Gasteiger partial charge on any atom is -0.427 e. The highest BCUT2D eigenvalue weighted by atomic mass is 16.5. The number of Topliss-reactive ketones (excluding diaryl/α,β-unsaturated/α-hetero) is 1. The van der Waals surface area contributed by atoms with Crippen LogP contribution >= 0.6 is 0 Å². The van der Waals surface area contributed by atoms with E-state index in [1.54, 1.807) is 24.3 Å². The molecule has 0 atom stereocenters. The quantitative estimate of drug-likeness (QED) is 0.430. The highest BCUT2D eigenvalue weighted by molar-refractivity contribution is 5.96. The summed E-state index contributed by atoms with van der Waals surface area (Å²) in [6.07, 6.45) is 2.57. The molecule has 17 heavy (non-hydrogen) atoms. The van der Waals surface area contributed by atoms with Gasteiger partial charge in [-0.05, 0) is 37.1 Å². The Labute approximate surface area is 102 Å². The van der Waals surface area contributed by atoms with Crippen molar-refractivity contribution in [1.29, 1.82) is 0 Å². The van der Waals surface area contributed by atoms with Gasteiger partial charge in [0.2, 0.25) is 0 Å². The summed E-state index contributed by atoms with van der Waals surface area (Å²) in [5, 5.41) is 0. The van der Waals surface area contributed by atoms with Crippen LogP contribution in [0.2, 0.25) is 0 Å². The maximum Gasteiger partial charge on any atom is 0.311 e. The van der Waals surface area contributed by atoms with Crippen molar-refractivity contribution in [3.8, 4) is 5.75 Å². The molecule has 0 heterocycles. The van der Waals surface area contributed by atoms with Gasteiger partial charge in [0.25, 0.3) is 0 Å². The molecule has 1 aromatic rings. The molecule has 1 rings (SSSR count). The summed E-state index contributed by atoms with van der Waals surface area (Å²) in [5.41, 5.74) is 0.669. The molecule has 0 aliphatic heterocycles. The summed E-state index contributed by atoms with van der Waals surface area (Å²) < 4.78 is 5.10. The molecule has 0 fully saturated rings. The second-order valence-electron chi connectivity index (χ2n) is 3.92. The van der Waals surface area contributed by atoms with Gasteiger partial charge < -0.3 is 4.74 Å². The standard InChI is InChI=1S/C14H18O3/c1-3-5-13(15)11-7-9-12(10-8-11)17-14(16)6-4-2/h7-10H,3-6H2,1-2H3. The first-order valence-electron chi connectivity index (χ1n) is 6.01. The zero-order valence-corrected chi connectivity index (χ0v) is 10.4. The Kier molecular flexibility index (Phi) is 5.40. The fourth-order valence-electron chi connectivity index (χ4n) is 1.47. The first-order chi connectivity index (χ1) is 8.17. The van der Waals surface area contributed by atoms with E-state index in [0.717, 1.165) is 12.8 Å². The van der Waals surface area contributed by atoms with Crippen molar-refractivity contribution in [2.24, 2.45) is 0 Å². The highest BCUT2D eigenvalue weighted by Gasteiger charge is 2.06. The van der Waals surface area contributed by atoms with Crippen LogP contribution in [0.1, 0.15) is 49.9 Å². The molecule has 0 saturated carbocycles. The number of rotatable bonds is 6. The largest absolute Gasteiger partial charge is 0.427 e. The van der Waals surface area contributed by atoms with Gasteiger partial charge in [0.15, 0.2) is 5.78 Å². The van der Waals surface area contributed by atoms with Crippen molar-refractivity contribution in [1.82, 2.24) is 0 Å². The van der Waals surface area contributed by atoms with E-state index in [0.29, 0.717) is 24.2 Å². The molecule has 92 valence electrons. The van der Waals surface area contributed by atoms with Crippen LogP contribution in [0, 0.1) is 0 Å². The van der Waals surface area contributed by atoms with Gasteiger partial charge in [0.05, 0.1) is 0 Å². The second kappa shape index (κ2) is 6.84. The summed E-state index contributed by atoms with van der Waals surface area (Å²) >= 11 is 0. The molecule has 0 spiro atoms. The SMILES string of the molecule is CCCC(=O)Oc1ccc(C(=O)CCC)cc1. The zero-order chi connectivity index (χ0) is 12.7. The molecule has 0 radical (unpaired) electrons. The lowest BCUT2D eigenvalue weighted by atomic mass is 10.1. The number of carbonyl (C=O) groups is 2. The third-order valence-corrected chi connectivity index (χ3v) is 2.34. The number of benzene rings is 1. The van der Waals surface area contributed by atoms with Gasteiger partial charge >= 0.3 is 5.97 Å². The lowest BCUT2D eigenvalue weighted by Crippen LogP contribution is -2.07. The van der Waals surface area contributed by atoms with E-state index in [4.69, 9.17) is 4.74 Å². The first kappa shape index (κ1) is 13.4. The summed E-state index contributed by atoms with van der Waals surface area (Å²) in [6, 6.07) is 6.73. The molecule has 0 aliphatic carbocycles. The fourth-order valence-corrected chi connectivity index (χ4v) is 1.47. The number of hydrogen-bond donors (Lipinski definition) is 0. The smallest absolute Gasteiger partial charge is 0.311 e. The van der Waals surface area contributed by atoms with Crippen molar-refractivity contribution in [3.05, 3.63) is 29.8 Å². The second-order valence-corrected chi connectivity index (χ2v) is 3.92. The summed E-state index contributed by atoms with van der Waals surface area (Å²) in [5.74, 6) is 0.385. The molecular formula is C14H18O3. The van der Waals surface area contributed by atoms with Gasteiger partial charge in [-0.1, -0.05) is 13.8 Å². The van der Waals surface area contributed by atoms with E-state index >= 15 is 0 Å². The van der Waals surface area contributed by atoms with E-state index in [9.17, 15) is 9.59 Å². The Bertz CT molecular complexity index is 379. The summed E-state index contributed by atoms with van der Waals surface area (Å²) in [6.45, 7) is 3.90. The van der Waals surface area contributed by atoms with Crippen molar-refractivity contribution in [2.75, 3.05) is 0 Å². The van der Waals surface area contributed by atoms with Crippen molar-refractivity contribution < 1.29 is 14.3 Å². The zero-order valence-electron chi connectivity index (χ0n) is 10.4. The van der Waals surface area contributed by atoms with Crippen molar-refractivity contribution in [3.63, 3.8) is 0 Å². The number of ether oxygens (including phenoxy) is 1. The van der Waals surface area contributed by atoms with E-state index < -0.39 is 0 Å². The lowest BCUT2D eigenvalue weighted by molar-refractivity contribution is -0.134. The monoisotopic (exact) mass is 234 g/mol. The number of esters is 1. The number of hydrogen-bond acceptors (Lipinski definition) is 3. The van der Waals surface area contributed by atoms with Crippen LogP contribution in [0.15, 0.2) is 24.3 Å². The number of ketones is 1. The maximum absolute atomic E-state index is 11.6. The van der Waals surface area contributed by atoms with Crippen LogP contribution in [-0.4, -0.2) is 11.8 Å². The average molecular weight is 234 g/mol. The molecule has 0 unspecified atom stereocenters. The van der Waals surface area contributed by atoms with Gasteiger partial charge in [-0.2, -0.15) is 0 Å². The molecular weight excluding hydrogens is 216 g/mol. The minimum atomic E-state index is -0.236. The Hall–Kier alpha value is -1.64. The highest BCUT2D eigenvalue weighted by Crippen LogP contribution is 2.14. The third kappa shape index (κ3) is 4.39. The maximum atomic E-state index is 11.6. The van der Waals surface area contributed by atoms with Crippen LogP contribution < -0.4 is 4.74 Å². The van der Waals surface area contributed by atoms with Gasteiger partial charge in [-0.15, -0.1) is 0 Å². The van der Waals surface area contributed by atoms with E-state index in [2.05, 4.69) is 0 Å². The minimum absolute atomic E-state index is 0.124. The topological polar surface area (TPSA) is 43.4 Å². The van der Waals surface area contributed by atoms with Crippen LogP contribution in [-0.2, 0) is 4.79 Å². The Balaban J connectivity index is 2.61. The molecule has 0 amide bonds. The van der Waals surface area contributed by atoms with Gasteiger partial charge in [0.1, 0.15) is 5.75 Å². The number of carbonyl (C=O) groups excluding carboxylic acids is 2. The molecule has 1 aromatic carbocycles. The molecule has 0 aromatic heterocycles. The van der Waals surface area contributed by atoms with E-state index in [1.807, 2.05) is 13.8 Å². The first-order valence-corrected chi connectivity index (χ1v) is 6.01. The van der Waals surface area contributed by atoms with Crippen LogP contribution in [0.5, 0.6) is 5.75 Å². The summed E-state index contributed by atoms with van der Waals surface area (Å²) in [7, 11) is 0. The Morgan fingerprint density at radius 1 is 1.00 bits per heavy atom. The summed E-state index contributed by atoms with van der Waals surface area (Å²) in [4.78, 5) is 22.8. The van der Waals surface area contributed by atoms with Crippen molar-refractivity contribution >= 4 is 11.8 Å². The van der Waals surface area contributed by atoms with E-state index in [1.165, 1.54) is 0 Å². The van der Waals surface area contributed by atoms with E-state index in [-0.39, 0.29) is 11.8 Å². The van der Waals surface area contributed by atoms with Crippen LogP contribution in [0.4, 0.5) is 0 Å². The lowest BCUT2D eigenvalue weighted by Gasteiger charge is -2.04. The van der Waals surface area contributed by atoms with Gasteiger partial charge in [-0.3, -0.25) is 9.59 Å². The molecule has 3 nitrogen and oxygen atoms in total. The Morgan fingerprint density at radius 3 is 2.12 bits per heavy atom. The molecule has 0 aliphatic rings. The molecule has 3 heteroatoms. The average Bonchev–Trinajstić information content (AvgIpc) is 2.30. The van der Waals surface area contributed by atoms with Gasteiger partial charge in [-0.25, -0.2) is 0 Å². The van der Waals surface area contributed by atoms with Crippen LogP contribution in [0.3, 0.4) is 0 Å². The van der Waals surface area contributed by atoms with Crippen molar-refractivity contribution in [2.45, 2.75) is 39.5 Å². The third-order valence-electron chi connectivity index (χ3n) is 2.34. The predicted molar refractivity (Wildman–Crippen MR) is 66.2 cm³/mol. The van der Waals surface area contributed by atoms with Gasteiger partial charge in [0, 0.05) is 18.4 Å². The molecule has 0 N–H and O–H groups in total. The normalized spacial score (nSPS) is 10.0. The molecule has 0 saturated heterocycles. The Morgan fingerprint density at radius 2 is 1.59 bits per heavy atom. The predicted octanol–water partition coefficient (Wildman–Crippen LogP) is 3.37.